The van der Waals surface area contributed by atoms with E-state index in [9.17, 15) is 23.3 Å². The van der Waals surface area contributed by atoms with E-state index in [0.29, 0.717) is 4.57 Å². The van der Waals surface area contributed by atoms with Gasteiger partial charge in [-0.2, -0.15) is 13.2 Å². The first-order chi connectivity index (χ1) is 8.34. The maximum Gasteiger partial charge on any atom is 0.449 e. The van der Waals surface area contributed by atoms with Crippen molar-refractivity contribution in [2.75, 3.05) is 0 Å². The van der Waals surface area contributed by atoms with Gasteiger partial charge >= 0.3 is 6.18 Å². The number of benzene rings is 1. The van der Waals surface area contributed by atoms with Gasteiger partial charge in [0.1, 0.15) is 6.73 Å². The van der Waals surface area contributed by atoms with Gasteiger partial charge in [-0.3, -0.25) is 14.7 Å². The third-order valence-electron chi connectivity index (χ3n) is 2.34. The lowest BCUT2D eigenvalue weighted by Gasteiger charge is -2.07. The summed E-state index contributed by atoms with van der Waals surface area (Å²) in [6.45, 7) is -0.966. The predicted molar refractivity (Wildman–Crippen MR) is 53.6 cm³/mol. The van der Waals surface area contributed by atoms with Gasteiger partial charge in [-0.25, -0.2) is 4.98 Å². The Morgan fingerprint density at radius 3 is 2.61 bits per heavy atom. The molecule has 0 atom stereocenters. The van der Waals surface area contributed by atoms with Crippen molar-refractivity contribution < 1.29 is 23.2 Å². The number of aromatic nitrogens is 2. The van der Waals surface area contributed by atoms with Crippen LogP contribution in [0.4, 0.5) is 18.9 Å². The Morgan fingerprint density at radius 1 is 1.44 bits per heavy atom. The summed E-state index contributed by atoms with van der Waals surface area (Å²) in [5, 5.41) is 19.5. The summed E-state index contributed by atoms with van der Waals surface area (Å²) in [5.74, 6) is -1.29. The fraction of sp³-hybridized carbons (Fsp3) is 0.222. The molecule has 0 aliphatic rings. The number of nitro groups is 1. The molecule has 6 nitrogen and oxygen atoms in total. The molecule has 1 aromatic heterocycles. The summed E-state index contributed by atoms with van der Waals surface area (Å²) < 4.78 is 38.3. The van der Waals surface area contributed by atoms with Crippen LogP contribution in [0, 0.1) is 10.1 Å². The van der Waals surface area contributed by atoms with Gasteiger partial charge < -0.3 is 5.11 Å². The molecule has 1 heterocycles. The number of halogens is 3. The summed E-state index contributed by atoms with van der Waals surface area (Å²) >= 11 is 0. The molecule has 0 bridgehead atoms. The highest BCUT2D eigenvalue weighted by atomic mass is 19.4. The van der Waals surface area contributed by atoms with E-state index in [1.807, 2.05) is 0 Å². The van der Waals surface area contributed by atoms with E-state index < -0.39 is 23.7 Å². The van der Waals surface area contributed by atoms with Crippen LogP contribution < -0.4 is 0 Å². The molecule has 0 amide bonds. The number of hydrogen-bond donors (Lipinski definition) is 1. The van der Waals surface area contributed by atoms with E-state index in [-0.39, 0.29) is 16.7 Å². The second-order valence-corrected chi connectivity index (χ2v) is 3.43. The normalized spacial score (nSPS) is 12.0. The van der Waals surface area contributed by atoms with Gasteiger partial charge in [0.05, 0.1) is 16.0 Å². The largest absolute Gasteiger partial charge is 0.449 e. The molecule has 1 aromatic carbocycles. The Balaban J connectivity index is 2.74. The average Bonchev–Trinajstić information content (AvgIpc) is 2.65. The second-order valence-electron chi connectivity index (χ2n) is 3.43. The smallest absolute Gasteiger partial charge is 0.376 e. The SMILES string of the molecule is O=[N+]([O-])c1ccc2nc(C(F)(F)F)n(CO)c2c1. The first-order valence-electron chi connectivity index (χ1n) is 4.67. The van der Waals surface area contributed by atoms with Crippen molar-refractivity contribution in [1.82, 2.24) is 9.55 Å². The summed E-state index contributed by atoms with van der Waals surface area (Å²) in [7, 11) is 0. The highest BCUT2D eigenvalue weighted by molar-refractivity contribution is 5.78. The number of nitro benzene ring substituents is 1. The van der Waals surface area contributed by atoms with Crippen molar-refractivity contribution in [1.29, 1.82) is 0 Å². The Hall–Kier alpha value is -2.16. The van der Waals surface area contributed by atoms with Crippen LogP contribution in [0.2, 0.25) is 0 Å². The number of aliphatic hydroxyl groups excluding tert-OH is 1. The van der Waals surface area contributed by atoms with E-state index in [0.717, 1.165) is 18.2 Å². The van der Waals surface area contributed by atoms with Gasteiger partial charge in [0.15, 0.2) is 0 Å². The number of nitrogens with zero attached hydrogens (tertiary/aromatic N) is 3. The van der Waals surface area contributed by atoms with E-state index in [4.69, 9.17) is 5.11 Å². The molecule has 0 radical (unpaired) electrons. The van der Waals surface area contributed by atoms with Gasteiger partial charge in [-0.1, -0.05) is 0 Å². The maximum absolute atomic E-state index is 12.6. The quantitative estimate of drug-likeness (QED) is 0.661. The number of hydrogen-bond acceptors (Lipinski definition) is 4. The second kappa shape index (κ2) is 3.95. The molecule has 1 N–H and O–H groups in total. The Morgan fingerprint density at radius 2 is 2.11 bits per heavy atom. The zero-order valence-electron chi connectivity index (χ0n) is 8.68. The van der Waals surface area contributed by atoms with Gasteiger partial charge in [0.2, 0.25) is 5.82 Å². The van der Waals surface area contributed by atoms with Crippen LogP contribution in [0.3, 0.4) is 0 Å². The minimum Gasteiger partial charge on any atom is -0.376 e. The van der Waals surface area contributed by atoms with Crippen LogP contribution >= 0.6 is 0 Å². The highest BCUT2D eigenvalue weighted by Gasteiger charge is 2.37. The number of rotatable bonds is 2. The van der Waals surface area contributed by atoms with E-state index in [1.54, 1.807) is 0 Å². The molecule has 0 fully saturated rings. The molecule has 9 heteroatoms. The predicted octanol–water partition coefficient (Wildman–Crippen LogP) is 1.91. The monoisotopic (exact) mass is 261 g/mol. The molecular weight excluding hydrogens is 255 g/mol. The first kappa shape index (κ1) is 12.3. The zero-order chi connectivity index (χ0) is 13.5. The third kappa shape index (κ3) is 1.88. The maximum atomic E-state index is 12.6. The van der Waals surface area contributed by atoms with Gasteiger partial charge in [0.25, 0.3) is 5.69 Å². The molecule has 2 rings (SSSR count). The Labute approximate surface area is 97.4 Å². The lowest BCUT2D eigenvalue weighted by Crippen LogP contribution is -2.14. The van der Waals surface area contributed by atoms with Crippen molar-refractivity contribution in [3.8, 4) is 0 Å². The first-order valence-corrected chi connectivity index (χ1v) is 4.67. The standard InChI is InChI=1S/C9H6F3N3O3/c10-9(11,12)8-13-6-2-1-5(15(17)18)3-7(6)14(8)4-16/h1-3,16H,4H2. The van der Waals surface area contributed by atoms with Crippen molar-refractivity contribution in [2.24, 2.45) is 0 Å². The van der Waals surface area contributed by atoms with Crippen LogP contribution in [0.1, 0.15) is 5.82 Å². The third-order valence-corrected chi connectivity index (χ3v) is 2.34. The Bertz CT molecular complexity index is 621. The number of non-ortho nitro benzene ring substituents is 1. The summed E-state index contributed by atoms with van der Waals surface area (Å²) in [4.78, 5) is 13.1. The molecule has 96 valence electrons. The highest BCUT2D eigenvalue weighted by Crippen LogP contribution is 2.32. The minimum absolute atomic E-state index is 0.0676. The molecule has 0 aliphatic heterocycles. The van der Waals surface area contributed by atoms with Crippen LogP contribution in [0.25, 0.3) is 11.0 Å². The summed E-state index contributed by atoms with van der Waals surface area (Å²) in [6.07, 6.45) is -4.74. The van der Waals surface area contributed by atoms with Crippen molar-refractivity contribution in [2.45, 2.75) is 12.9 Å². The van der Waals surface area contributed by atoms with Crippen LogP contribution in [0.15, 0.2) is 18.2 Å². The molecule has 0 saturated carbocycles. The Kier molecular flexibility index (Phi) is 2.70. The van der Waals surface area contributed by atoms with Gasteiger partial charge in [-0.15, -0.1) is 0 Å². The van der Waals surface area contributed by atoms with E-state index >= 15 is 0 Å². The van der Waals surface area contributed by atoms with Crippen LogP contribution in [-0.2, 0) is 12.9 Å². The van der Waals surface area contributed by atoms with Gasteiger partial charge in [-0.05, 0) is 6.07 Å². The fourth-order valence-corrected chi connectivity index (χ4v) is 1.58. The van der Waals surface area contributed by atoms with Crippen LogP contribution in [-0.4, -0.2) is 19.6 Å². The van der Waals surface area contributed by atoms with Crippen molar-refractivity contribution in [3.05, 3.63) is 34.1 Å². The number of fused-ring (bicyclic) bond motifs is 1. The molecular formula is C9H6F3N3O3. The van der Waals surface area contributed by atoms with Crippen LogP contribution in [0.5, 0.6) is 0 Å². The zero-order valence-corrected chi connectivity index (χ0v) is 8.68. The van der Waals surface area contributed by atoms with E-state index in [2.05, 4.69) is 4.98 Å². The lowest BCUT2D eigenvalue weighted by atomic mass is 10.3. The molecule has 0 saturated heterocycles. The molecule has 2 aromatic rings. The number of aliphatic hydroxyl groups is 1. The topological polar surface area (TPSA) is 81.2 Å². The minimum atomic E-state index is -4.74. The van der Waals surface area contributed by atoms with Crippen molar-refractivity contribution in [3.63, 3.8) is 0 Å². The molecule has 0 aliphatic carbocycles. The molecule has 18 heavy (non-hydrogen) atoms. The summed E-state index contributed by atoms with van der Waals surface area (Å²) in [5.41, 5.74) is -0.577. The van der Waals surface area contributed by atoms with Gasteiger partial charge in [0, 0.05) is 12.1 Å². The van der Waals surface area contributed by atoms with Crippen molar-refractivity contribution >= 4 is 16.7 Å². The summed E-state index contributed by atoms with van der Waals surface area (Å²) in [6, 6.07) is 3.10. The van der Waals surface area contributed by atoms with E-state index in [1.165, 1.54) is 0 Å². The number of imidazole rings is 1. The molecule has 0 unspecified atom stereocenters. The molecule has 0 spiro atoms. The average molecular weight is 261 g/mol. The number of alkyl halides is 3. The lowest BCUT2D eigenvalue weighted by molar-refractivity contribution is -0.384. The fourth-order valence-electron chi connectivity index (χ4n) is 1.58.